The summed E-state index contributed by atoms with van der Waals surface area (Å²) in [7, 11) is 1.68. The van der Waals surface area contributed by atoms with Crippen LogP contribution in [-0.2, 0) is 16.0 Å². The van der Waals surface area contributed by atoms with E-state index in [9.17, 15) is 4.79 Å². The van der Waals surface area contributed by atoms with E-state index in [2.05, 4.69) is 21.7 Å². The first-order valence-electron chi connectivity index (χ1n) is 9.44. The summed E-state index contributed by atoms with van der Waals surface area (Å²) >= 11 is 6.06. The van der Waals surface area contributed by atoms with Gasteiger partial charge in [-0.1, -0.05) is 23.7 Å². The Labute approximate surface area is 160 Å². The average Bonchev–Trinajstić information content (AvgIpc) is 2.64. The summed E-state index contributed by atoms with van der Waals surface area (Å²) < 4.78 is 5.13. The number of piperidine rings is 1. The average molecular weight is 378 g/mol. The van der Waals surface area contributed by atoms with Crippen LogP contribution in [0.15, 0.2) is 29.3 Å². The number of carbonyl (C=O) groups excluding carboxylic acids is 1. The van der Waals surface area contributed by atoms with Crippen molar-refractivity contribution in [2.45, 2.75) is 44.3 Å². The number of benzene rings is 1. The van der Waals surface area contributed by atoms with Crippen LogP contribution in [0.3, 0.4) is 0 Å². The summed E-state index contributed by atoms with van der Waals surface area (Å²) in [5.41, 5.74) is 1.27. The maximum Gasteiger partial charge on any atom is 0.229 e. The quantitative estimate of drug-likeness (QED) is 0.801. The second-order valence-corrected chi connectivity index (χ2v) is 7.77. The molecule has 1 aromatic rings. The third-order valence-electron chi connectivity index (χ3n) is 5.23. The van der Waals surface area contributed by atoms with Gasteiger partial charge in [0, 0.05) is 24.9 Å². The highest BCUT2D eigenvalue weighted by Crippen LogP contribution is 2.21. The highest BCUT2D eigenvalue weighted by atomic mass is 35.5. The van der Waals surface area contributed by atoms with Gasteiger partial charge in [0.2, 0.25) is 5.91 Å². The molecule has 4 atom stereocenters. The topological polar surface area (TPSA) is 62.7 Å². The Bertz CT molecular complexity index is 629. The van der Waals surface area contributed by atoms with Crippen molar-refractivity contribution in [3.8, 4) is 0 Å². The number of hydrogen-bond donors (Lipinski definition) is 2. The first-order chi connectivity index (χ1) is 12.6. The van der Waals surface area contributed by atoms with Gasteiger partial charge in [-0.2, -0.15) is 0 Å². The van der Waals surface area contributed by atoms with Crippen LogP contribution in [-0.4, -0.2) is 44.6 Å². The number of nitrogens with zero attached hydrogens (tertiary/aromatic N) is 1. The van der Waals surface area contributed by atoms with Gasteiger partial charge >= 0.3 is 0 Å². The molecule has 142 valence electrons. The lowest BCUT2D eigenvalue weighted by Gasteiger charge is -2.31. The van der Waals surface area contributed by atoms with Crippen molar-refractivity contribution in [1.29, 1.82) is 0 Å². The van der Waals surface area contributed by atoms with E-state index in [1.54, 1.807) is 13.3 Å². The summed E-state index contributed by atoms with van der Waals surface area (Å²) in [5.74, 6) is 0.539. The fourth-order valence-corrected chi connectivity index (χ4v) is 3.97. The fraction of sp³-hybridized carbons (Fsp3) is 0.600. The molecular weight excluding hydrogens is 350 g/mol. The number of methoxy groups -OCH3 is 1. The zero-order chi connectivity index (χ0) is 18.4. The van der Waals surface area contributed by atoms with Crippen molar-refractivity contribution in [3.05, 3.63) is 34.9 Å². The third-order valence-corrected chi connectivity index (χ3v) is 5.47. The molecule has 5 nitrogen and oxygen atoms in total. The Morgan fingerprint density at radius 2 is 2.23 bits per heavy atom. The van der Waals surface area contributed by atoms with E-state index in [1.807, 2.05) is 18.2 Å². The fourth-order valence-electron chi connectivity index (χ4n) is 3.75. The number of aliphatic imine (C=N–C) groups is 1. The van der Waals surface area contributed by atoms with Gasteiger partial charge in [0.05, 0.1) is 24.7 Å². The van der Waals surface area contributed by atoms with Gasteiger partial charge in [-0.25, -0.2) is 0 Å². The van der Waals surface area contributed by atoms with E-state index in [0.717, 1.165) is 43.7 Å². The Morgan fingerprint density at radius 1 is 1.35 bits per heavy atom. The lowest BCUT2D eigenvalue weighted by atomic mass is 9.91. The van der Waals surface area contributed by atoms with Gasteiger partial charge in [0.1, 0.15) is 0 Å². The number of rotatable bonds is 6. The number of nitrogens with one attached hydrogen (secondary N) is 2. The largest absolute Gasteiger partial charge is 0.382 e. The summed E-state index contributed by atoms with van der Waals surface area (Å²) in [6.45, 7) is 1.54. The highest BCUT2D eigenvalue weighted by molar-refractivity contribution is 6.30. The van der Waals surface area contributed by atoms with Crippen molar-refractivity contribution in [2.75, 3.05) is 20.3 Å². The SMILES string of the molecule is COCC1CCC(C(=O)NC2CCC(Cc3cccc(Cl)c3)CN2)C=N1. The van der Waals surface area contributed by atoms with Crippen LogP contribution in [0.1, 0.15) is 31.2 Å². The molecule has 2 N–H and O–H groups in total. The van der Waals surface area contributed by atoms with Gasteiger partial charge in [-0.15, -0.1) is 0 Å². The summed E-state index contributed by atoms with van der Waals surface area (Å²) in [6, 6.07) is 8.26. The second kappa shape index (κ2) is 9.49. The molecule has 1 amide bonds. The molecule has 3 rings (SSSR count). The normalized spacial score (nSPS) is 28.7. The van der Waals surface area contributed by atoms with E-state index in [-0.39, 0.29) is 24.0 Å². The number of ether oxygens (including phenoxy) is 1. The monoisotopic (exact) mass is 377 g/mol. The number of carbonyl (C=O) groups is 1. The van der Waals surface area contributed by atoms with Gasteiger partial charge in [0.25, 0.3) is 0 Å². The summed E-state index contributed by atoms with van der Waals surface area (Å²) in [6.07, 6.45) is 6.67. The maximum atomic E-state index is 12.5. The lowest BCUT2D eigenvalue weighted by Crippen LogP contribution is -2.52. The van der Waals surface area contributed by atoms with Crippen molar-refractivity contribution in [3.63, 3.8) is 0 Å². The number of amides is 1. The molecule has 0 radical (unpaired) electrons. The van der Waals surface area contributed by atoms with E-state index in [4.69, 9.17) is 16.3 Å². The van der Waals surface area contributed by atoms with Crippen LogP contribution in [0.2, 0.25) is 5.02 Å². The Hall–Kier alpha value is -1.43. The zero-order valence-corrected chi connectivity index (χ0v) is 16.0. The van der Waals surface area contributed by atoms with Crippen molar-refractivity contribution in [1.82, 2.24) is 10.6 Å². The molecule has 6 heteroatoms. The van der Waals surface area contributed by atoms with Crippen LogP contribution >= 0.6 is 11.6 Å². The first-order valence-corrected chi connectivity index (χ1v) is 9.82. The smallest absolute Gasteiger partial charge is 0.229 e. The van der Waals surface area contributed by atoms with Crippen LogP contribution in [0.5, 0.6) is 0 Å². The molecule has 4 unspecified atom stereocenters. The predicted molar refractivity (Wildman–Crippen MR) is 105 cm³/mol. The lowest BCUT2D eigenvalue weighted by molar-refractivity contribution is -0.124. The standard InChI is InChI=1S/C20H28ClN3O2/c1-26-13-18-7-6-16(12-22-18)20(25)24-19-8-5-15(11-23-19)9-14-3-2-4-17(21)10-14/h2-4,10,12,15-16,18-19,23H,5-9,11,13H2,1H3,(H,24,25). The molecule has 1 aromatic carbocycles. The molecule has 0 aromatic heterocycles. The molecule has 2 aliphatic heterocycles. The number of halogens is 1. The minimum absolute atomic E-state index is 0.0585. The molecule has 1 fully saturated rings. The molecule has 1 saturated heterocycles. The Morgan fingerprint density at radius 3 is 2.88 bits per heavy atom. The molecule has 0 aliphatic carbocycles. The third kappa shape index (κ3) is 5.53. The molecule has 2 heterocycles. The zero-order valence-electron chi connectivity index (χ0n) is 15.3. The molecule has 2 aliphatic rings. The second-order valence-electron chi connectivity index (χ2n) is 7.34. The van der Waals surface area contributed by atoms with Crippen molar-refractivity contribution in [2.24, 2.45) is 16.8 Å². The van der Waals surface area contributed by atoms with Gasteiger partial charge < -0.3 is 10.1 Å². The Kier molecular flexibility index (Phi) is 7.06. The van der Waals surface area contributed by atoms with Crippen LogP contribution < -0.4 is 10.6 Å². The van der Waals surface area contributed by atoms with Gasteiger partial charge in [-0.05, 0) is 55.7 Å². The molecular formula is C20H28ClN3O2. The van der Waals surface area contributed by atoms with E-state index >= 15 is 0 Å². The van der Waals surface area contributed by atoms with E-state index in [0.29, 0.717) is 12.5 Å². The molecule has 26 heavy (non-hydrogen) atoms. The van der Waals surface area contributed by atoms with Crippen molar-refractivity contribution < 1.29 is 9.53 Å². The maximum absolute atomic E-state index is 12.5. The highest BCUT2D eigenvalue weighted by Gasteiger charge is 2.27. The van der Waals surface area contributed by atoms with Crippen LogP contribution in [0.4, 0.5) is 0 Å². The van der Waals surface area contributed by atoms with Gasteiger partial charge in [-0.3, -0.25) is 15.1 Å². The molecule has 0 bridgehead atoms. The minimum atomic E-state index is -0.117. The van der Waals surface area contributed by atoms with Gasteiger partial charge in [0.15, 0.2) is 0 Å². The molecule has 0 spiro atoms. The first kappa shape index (κ1) is 19.3. The Balaban J connectivity index is 1.41. The summed E-state index contributed by atoms with van der Waals surface area (Å²) in [4.78, 5) is 16.9. The molecule has 0 saturated carbocycles. The van der Waals surface area contributed by atoms with Crippen LogP contribution in [0.25, 0.3) is 0 Å². The number of hydrogen-bond acceptors (Lipinski definition) is 4. The summed E-state index contributed by atoms with van der Waals surface area (Å²) in [5, 5.41) is 7.40. The predicted octanol–water partition coefficient (Wildman–Crippen LogP) is 2.82. The van der Waals surface area contributed by atoms with Crippen LogP contribution in [0, 0.1) is 11.8 Å². The minimum Gasteiger partial charge on any atom is -0.382 e. The van der Waals surface area contributed by atoms with Crippen molar-refractivity contribution >= 4 is 23.7 Å². The van der Waals surface area contributed by atoms with E-state index < -0.39 is 0 Å². The van der Waals surface area contributed by atoms with E-state index in [1.165, 1.54) is 5.56 Å².